The van der Waals surface area contributed by atoms with Gasteiger partial charge in [-0.25, -0.2) is 9.78 Å². The maximum atomic E-state index is 11.8. The molecule has 0 spiro atoms. The Morgan fingerprint density at radius 2 is 2.28 bits per heavy atom. The lowest BCUT2D eigenvalue weighted by atomic mass is 10.2. The number of carbonyl (C=O) groups is 2. The minimum absolute atomic E-state index is 0.141. The first kappa shape index (κ1) is 11.8. The predicted molar refractivity (Wildman–Crippen MR) is 60.0 cm³/mol. The number of carbonyl (C=O) groups excluding carboxylic acids is 1. The van der Waals surface area contributed by atoms with Crippen molar-refractivity contribution in [1.82, 2.24) is 25.5 Å². The molecule has 4 N–H and O–H groups in total. The number of aromatic amines is 2. The van der Waals surface area contributed by atoms with Gasteiger partial charge in [0.15, 0.2) is 11.4 Å². The number of carboxylic acids is 1. The van der Waals surface area contributed by atoms with Crippen LogP contribution in [0.15, 0.2) is 18.7 Å². The minimum Gasteiger partial charge on any atom is -0.477 e. The second-order valence-corrected chi connectivity index (χ2v) is 3.66. The van der Waals surface area contributed by atoms with Crippen molar-refractivity contribution in [1.29, 1.82) is 0 Å². The lowest BCUT2D eigenvalue weighted by Crippen LogP contribution is -2.28. The molecule has 2 aromatic heterocycles. The molecule has 0 bridgehead atoms. The molecule has 2 aromatic rings. The lowest BCUT2D eigenvalue weighted by molar-refractivity contribution is 0.0684. The third kappa shape index (κ3) is 2.21. The summed E-state index contributed by atoms with van der Waals surface area (Å²) < 4.78 is 0. The number of carboxylic acid groups (broad SMARTS) is 1. The van der Waals surface area contributed by atoms with Crippen molar-refractivity contribution in [2.45, 2.75) is 13.0 Å². The second kappa shape index (κ2) is 4.70. The fourth-order valence-corrected chi connectivity index (χ4v) is 1.48. The predicted octanol–water partition coefficient (Wildman–Crippen LogP) is 0.322. The third-order valence-corrected chi connectivity index (χ3v) is 2.44. The van der Waals surface area contributed by atoms with Crippen LogP contribution in [0.2, 0.25) is 0 Å². The molecule has 0 radical (unpaired) electrons. The van der Waals surface area contributed by atoms with Crippen LogP contribution in [-0.4, -0.2) is 37.1 Å². The summed E-state index contributed by atoms with van der Waals surface area (Å²) >= 11 is 0. The number of rotatable bonds is 4. The van der Waals surface area contributed by atoms with Gasteiger partial charge in [0.25, 0.3) is 5.91 Å². The highest BCUT2D eigenvalue weighted by molar-refractivity contribution is 6.02. The van der Waals surface area contributed by atoms with Gasteiger partial charge in [-0.2, -0.15) is 5.10 Å². The van der Waals surface area contributed by atoms with E-state index in [1.165, 1.54) is 6.33 Å². The van der Waals surface area contributed by atoms with E-state index < -0.39 is 11.9 Å². The summed E-state index contributed by atoms with van der Waals surface area (Å²) in [7, 11) is 0. The van der Waals surface area contributed by atoms with Crippen molar-refractivity contribution in [3.63, 3.8) is 0 Å². The molecular formula is C10H11N5O3. The summed E-state index contributed by atoms with van der Waals surface area (Å²) in [5.41, 5.74) is 0.417. The Balaban J connectivity index is 2.13. The van der Waals surface area contributed by atoms with Gasteiger partial charge in [-0.1, -0.05) is 0 Å². The van der Waals surface area contributed by atoms with Crippen molar-refractivity contribution < 1.29 is 14.7 Å². The molecule has 0 saturated heterocycles. The topological polar surface area (TPSA) is 124 Å². The molecule has 18 heavy (non-hydrogen) atoms. The van der Waals surface area contributed by atoms with Gasteiger partial charge in [0.05, 0.1) is 18.6 Å². The first-order valence-corrected chi connectivity index (χ1v) is 5.15. The maximum absolute atomic E-state index is 11.8. The van der Waals surface area contributed by atoms with Crippen LogP contribution in [0.3, 0.4) is 0 Å². The number of imidazole rings is 1. The van der Waals surface area contributed by atoms with Gasteiger partial charge in [-0.3, -0.25) is 9.89 Å². The van der Waals surface area contributed by atoms with Gasteiger partial charge in [-0.05, 0) is 6.92 Å². The third-order valence-electron chi connectivity index (χ3n) is 2.44. The van der Waals surface area contributed by atoms with Crippen molar-refractivity contribution in [3.8, 4) is 0 Å². The van der Waals surface area contributed by atoms with Crippen molar-refractivity contribution >= 4 is 11.9 Å². The second-order valence-electron chi connectivity index (χ2n) is 3.66. The molecule has 8 nitrogen and oxygen atoms in total. The SMILES string of the molecule is CC(NC(=O)c1nc[nH]c1C(=O)O)c1cn[nH]c1. The number of nitrogens with zero attached hydrogens (tertiary/aromatic N) is 2. The Hall–Kier alpha value is -2.64. The molecule has 0 saturated carbocycles. The van der Waals surface area contributed by atoms with Crippen LogP contribution in [0.4, 0.5) is 0 Å². The molecule has 1 unspecified atom stereocenters. The Morgan fingerprint density at radius 1 is 1.50 bits per heavy atom. The van der Waals surface area contributed by atoms with E-state index in [4.69, 9.17) is 5.11 Å². The Kier molecular flexibility index (Phi) is 3.09. The van der Waals surface area contributed by atoms with Gasteiger partial charge >= 0.3 is 5.97 Å². The number of amides is 1. The van der Waals surface area contributed by atoms with E-state index in [0.717, 1.165) is 5.56 Å². The summed E-state index contributed by atoms with van der Waals surface area (Å²) in [5.74, 6) is -1.78. The van der Waals surface area contributed by atoms with Crippen LogP contribution < -0.4 is 5.32 Å². The fraction of sp³-hybridized carbons (Fsp3) is 0.200. The number of hydrogen-bond donors (Lipinski definition) is 4. The normalized spacial score (nSPS) is 12.1. The summed E-state index contributed by atoms with van der Waals surface area (Å²) in [6.45, 7) is 1.76. The van der Waals surface area contributed by atoms with Crippen LogP contribution >= 0.6 is 0 Å². The average molecular weight is 249 g/mol. The summed E-state index contributed by atoms with van der Waals surface area (Å²) in [6.07, 6.45) is 4.39. The molecule has 0 fully saturated rings. The van der Waals surface area contributed by atoms with E-state index >= 15 is 0 Å². The van der Waals surface area contributed by atoms with E-state index in [9.17, 15) is 9.59 Å². The molecular weight excluding hydrogens is 238 g/mol. The lowest BCUT2D eigenvalue weighted by Gasteiger charge is -2.10. The van der Waals surface area contributed by atoms with E-state index in [2.05, 4.69) is 25.5 Å². The van der Waals surface area contributed by atoms with E-state index in [1.54, 1.807) is 19.3 Å². The van der Waals surface area contributed by atoms with Crippen LogP contribution in [0.5, 0.6) is 0 Å². The Labute approximate surface area is 101 Å². The highest BCUT2D eigenvalue weighted by Crippen LogP contribution is 2.11. The molecule has 0 aliphatic rings. The van der Waals surface area contributed by atoms with Gasteiger partial charge in [0.1, 0.15) is 0 Å². The maximum Gasteiger partial charge on any atom is 0.354 e. The first-order valence-electron chi connectivity index (χ1n) is 5.15. The number of H-pyrrole nitrogens is 2. The molecule has 2 rings (SSSR count). The highest BCUT2D eigenvalue weighted by atomic mass is 16.4. The van der Waals surface area contributed by atoms with Gasteiger partial charge < -0.3 is 15.4 Å². The summed E-state index contributed by atoms with van der Waals surface area (Å²) in [6, 6.07) is -0.297. The quantitative estimate of drug-likeness (QED) is 0.621. The number of aromatic carboxylic acids is 1. The molecule has 8 heteroatoms. The van der Waals surface area contributed by atoms with Crippen LogP contribution in [0.25, 0.3) is 0 Å². The van der Waals surface area contributed by atoms with Crippen molar-refractivity contribution in [2.24, 2.45) is 0 Å². The molecule has 0 aliphatic carbocycles. The number of nitrogens with one attached hydrogen (secondary N) is 3. The van der Waals surface area contributed by atoms with Crippen molar-refractivity contribution in [2.75, 3.05) is 0 Å². The Morgan fingerprint density at radius 3 is 2.89 bits per heavy atom. The van der Waals surface area contributed by atoms with Gasteiger partial charge in [-0.15, -0.1) is 0 Å². The minimum atomic E-state index is -1.23. The number of aromatic nitrogens is 4. The zero-order chi connectivity index (χ0) is 13.1. The molecule has 94 valence electrons. The number of hydrogen-bond acceptors (Lipinski definition) is 4. The molecule has 1 atom stereocenters. The van der Waals surface area contributed by atoms with Crippen LogP contribution in [0, 0.1) is 0 Å². The largest absolute Gasteiger partial charge is 0.477 e. The Bertz CT molecular complexity index is 560. The zero-order valence-corrected chi connectivity index (χ0v) is 9.47. The van der Waals surface area contributed by atoms with Gasteiger partial charge in [0, 0.05) is 11.8 Å². The van der Waals surface area contributed by atoms with Crippen LogP contribution in [-0.2, 0) is 0 Å². The van der Waals surface area contributed by atoms with E-state index in [-0.39, 0.29) is 17.4 Å². The monoisotopic (exact) mass is 249 g/mol. The van der Waals surface area contributed by atoms with Gasteiger partial charge in [0.2, 0.25) is 0 Å². The standard InChI is InChI=1S/C10H11N5O3/c1-5(6-2-13-14-3-6)15-9(16)7-8(10(17)18)12-4-11-7/h2-5H,1H3,(H,11,12)(H,13,14)(H,15,16)(H,17,18). The van der Waals surface area contributed by atoms with E-state index in [0.29, 0.717) is 0 Å². The molecule has 1 amide bonds. The smallest absolute Gasteiger partial charge is 0.354 e. The van der Waals surface area contributed by atoms with E-state index in [1.807, 2.05) is 0 Å². The zero-order valence-electron chi connectivity index (χ0n) is 9.47. The van der Waals surface area contributed by atoms with Crippen molar-refractivity contribution in [3.05, 3.63) is 35.7 Å². The molecule has 0 aliphatic heterocycles. The fourth-order valence-electron chi connectivity index (χ4n) is 1.48. The first-order chi connectivity index (χ1) is 8.59. The summed E-state index contributed by atoms with van der Waals surface area (Å²) in [4.78, 5) is 28.8. The summed E-state index contributed by atoms with van der Waals surface area (Å²) in [5, 5.41) is 17.9. The van der Waals surface area contributed by atoms with Crippen LogP contribution in [0.1, 0.15) is 39.5 Å². The molecule has 0 aromatic carbocycles. The average Bonchev–Trinajstić information content (AvgIpc) is 3.00. The molecule has 2 heterocycles. The highest BCUT2D eigenvalue weighted by Gasteiger charge is 2.21.